The molecule has 2 aromatic rings. The third-order valence-electron chi connectivity index (χ3n) is 3.30. The van der Waals surface area contributed by atoms with Crippen LogP contribution >= 0.6 is 23.1 Å². The highest BCUT2D eigenvalue weighted by Gasteiger charge is 2.18. The molecule has 24 heavy (non-hydrogen) atoms. The number of aromatic nitrogens is 2. The standard InChI is InChI=1S/C15H16N4O3S2/c16-12(20)6-10-7-24-15(18-10)19-14(21)9-1-3-17-13(5-9)22-11-2-4-23-8-11/h1,3,5,7,11H,2,4,6,8H2,(H2,16,20)(H,18,19,21). The molecule has 0 bridgehead atoms. The van der Waals surface area contributed by atoms with Crippen LogP contribution in [0, 0.1) is 0 Å². The number of carbonyl (C=O) groups excluding carboxylic acids is 2. The molecule has 0 spiro atoms. The maximum Gasteiger partial charge on any atom is 0.257 e. The van der Waals surface area contributed by atoms with Crippen molar-refractivity contribution in [3.8, 4) is 5.88 Å². The number of ether oxygens (including phenoxy) is 1. The minimum Gasteiger partial charge on any atom is -0.473 e. The molecule has 0 aromatic carbocycles. The summed E-state index contributed by atoms with van der Waals surface area (Å²) in [7, 11) is 0. The van der Waals surface area contributed by atoms with Crippen molar-refractivity contribution in [3.63, 3.8) is 0 Å². The third-order valence-corrected chi connectivity index (χ3v) is 5.24. The van der Waals surface area contributed by atoms with Crippen LogP contribution in [-0.2, 0) is 11.2 Å². The average molecular weight is 364 g/mol. The second-order valence-corrected chi connectivity index (χ2v) is 7.24. The largest absolute Gasteiger partial charge is 0.473 e. The van der Waals surface area contributed by atoms with E-state index in [0.717, 1.165) is 17.9 Å². The summed E-state index contributed by atoms with van der Waals surface area (Å²) in [5.74, 6) is 1.72. The molecule has 9 heteroatoms. The van der Waals surface area contributed by atoms with Crippen molar-refractivity contribution in [2.75, 3.05) is 16.8 Å². The monoisotopic (exact) mass is 364 g/mol. The molecule has 0 saturated carbocycles. The smallest absolute Gasteiger partial charge is 0.257 e. The van der Waals surface area contributed by atoms with Gasteiger partial charge in [0.1, 0.15) is 6.10 Å². The van der Waals surface area contributed by atoms with Crippen molar-refractivity contribution in [2.24, 2.45) is 5.73 Å². The van der Waals surface area contributed by atoms with Gasteiger partial charge in [-0.25, -0.2) is 9.97 Å². The molecule has 3 rings (SSSR count). The lowest BCUT2D eigenvalue weighted by molar-refractivity contribution is -0.117. The fourth-order valence-electron chi connectivity index (χ4n) is 2.19. The summed E-state index contributed by atoms with van der Waals surface area (Å²) in [6, 6.07) is 3.24. The number of carbonyl (C=O) groups is 2. The molecule has 0 radical (unpaired) electrons. The number of nitrogens with one attached hydrogen (secondary N) is 1. The van der Waals surface area contributed by atoms with Crippen molar-refractivity contribution in [1.29, 1.82) is 0 Å². The van der Waals surface area contributed by atoms with Gasteiger partial charge in [-0.15, -0.1) is 11.3 Å². The van der Waals surface area contributed by atoms with Gasteiger partial charge >= 0.3 is 0 Å². The average Bonchev–Trinajstić information content (AvgIpc) is 3.19. The first kappa shape index (κ1) is 16.7. The first-order valence-corrected chi connectivity index (χ1v) is 9.38. The van der Waals surface area contributed by atoms with Crippen LogP contribution < -0.4 is 15.8 Å². The molecule has 3 heterocycles. The molecule has 7 nitrogen and oxygen atoms in total. The summed E-state index contributed by atoms with van der Waals surface area (Å²) in [6.45, 7) is 0. The van der Waals surface area contributed by atoms with Crippen LogP contribution in [0.2, 0.25) is 0 Å². The Hall–Kier alpha value is -2.13. The number of amides is 2. The Kier molecular flexibility index (Phi) is 5.31. The molecular formula is C15H16N4O3S2. The SMILES string of the molecule is NC(=O)Cc1csc(NC(=O)c2ccnc(OC3CCSC3)c2)n1. The van der Waals surface area contributed by atoms with Crippen molar-refractivity contribution < 1.29 is 14.3 Å². The fraction of sp³-hybridized carbons (Fsp3) is 0.333. The molecule has 3 N–H and O–H groups in total. The number of primary amides is 1. The normalized spacial score (nSPS) is 16.8. The molecular weight excluding hydrogens is 348 g/mol. The summed E-state index contributed by atoms with van der Waals surface area (Å²) in [6.07, 6.45) is 2.74. The van der Waals surface area contributed by atoms with Crippen molar-refractivity contribution >= 4 is 40.0 Å². The summed E-state index contributed by atoms with van der Waals surface area (Å²) in [5.41, 5.74) is 6.11. The Bertz CT molecular complexity index is 744. The lowest BCUT2D eigenvalue weighted by Crippen LogP contribution is -2.17. The van der Waals surface area contributed by atoms with Gasteiger partial charge in [-0.1, -0.05) is 0 Å². The molecule has 1 unspecified atom stereocenters. The van der Waals surface area contributed by atoms with Gasteiger partial charge in [0.15, 0.2) is 5.13 Å². The number of rotatable bonds is 6. The van der Waals surface area contributed by atoms with Gasteiger partial charge in [0.05, 0.1) is 12.1 Å². The Morgan fingerprint density at radius 3 is 3.08 bits per heavy atom. The van der Waals surface area contributed by atoms with E-state index in [2.05, 4.69) is 15.3 Å². The molecule has 1 fully saturated rings. The predicted octanol–water partition coefficient (Wildman–Crippen LogP) is 1.70. The van der Waals surface area contributed by atoms with Gasteiger partial charge in [0.2, 0.25) is 11.8 Å². The van der Waals surface area contributed by atoms with Crippen LogP contribution in [0.25, 0.3) is 0 Å². The fourth-order valence-corrected chi connectivity index (χ4v) is 3.98. The Morgan fingerprint density at radius 1 is 1.46 bits per heavy atom. The van der Waals surface area contributed by atoms with Gasteiger partial charge in [-0.2, -0.15) is 11.8 Å². The summed E-state index contributed by atoms with van der Waals surface area (Å²) in [5, 5.41) is 4.81. The number of pyridine rings is 1. The van der Waals surface area contributed by atoms with E-state index in [1.807, 2.05) is 11.8 Å². The van der Waals surface area contributed by atoms with Gasteiger partial charge in [-0.3, -0.25) is 14.9 Å². The van der Waals surface area contributed by atoms with Crippen LogP contribution in [0.4, 0.5) is 5.13 Å². The lowest BCUT2D eigenvalue weighted by atomic mass is 10.2. The van der Waals surface area contributed by atoms with E-state index in [-0.39, 0.29) is 18.4 Å². The summed E-state index contributed by atoms with van der Waals surface area (Å²) >= 11 is 3.09. The van der Waals surface area contributed by atoms with Crippen LogP contribution in [-0.4, -0.2) is 39.4 Å². The molecule has 1 aliphatic heterocycles. The predicted molar refractivity (Wildman–Crippen MR) is 93.6 cm³/mol. The minimum atomic E-state index is -0.459. The first-order valence-electron chi connectivity index (χ1n) is 7.34. The van der Waals surface area contributed by atoms with E-state index in [1.54, 1.807) is 23.7 Å². The van der Waals surface area contributed by atoms with Crippen LogP contribution in [0.3, 0.4) is 0 Å². The topological polar surface area (TPSA) is 107 Å². The number of hydrogen-bond donors (Lipinski definition) is 2. The van der Waals surface area contributed by atoms with Gasteiger partial charge in [0.25, 0.3) is 5.91 Å². The van der Waals surface area contributed by atoms with Crippen molar-refractivity contribution in [3.05, 3.63) is 35.0 Å². The number of thiazole rings is 1. The van der Waals surface area contributed by atoms with Crippen LogP contribution in [0.15, 0.2) is 23.7 Å². The van der Waals surface area contributed by atoms with Crippen molar-refractivity contribution in [1.82, 2.24) is 9.97 Å². The summed E-state index contributed by atoms with van der Waals surface area (Å²) in [4.78, 5) is 31.5. The third kappa shape index (κ3) is 4.45. The highest BCUT2D eigenvalue weighted by atomic mass is 32.2. The number of hydrogen-bond acceptors (Lipinski definition) is 7. The minimum absolute atomic E-state index is 0.0546. The van der Waals surface area contributed by atoms with E-state index in [4.69, 9.17) is 10.5 Å². The van der Waals surface area contributed by atoms with Gasteiger partial charge in [0, 0.05) is 29.0 Å². The van der Waals surface area contributed by atoms with Crippen LogP contribution in [0.1, 0.15) is 22.5 Å². The van der Waals surface area contributed by atoms with E-state index < -0.39 is 5.91 Å². The second-order valence-electron chi connectivity index (χ2n) is 5.23. The molecule has 0 aliphatic carbocycles. The van der Waals surface area contributed by atoms with Crippen molar-refractivity contribution in [2.45, 2.75) is 18.9 Å². The van der Waals surface area contributed by atoms with Gasteiger partial charge < -0.3 is 10.5 Å². The van der Waals surface area contributed by atoms with E-state index in [1.165, 1.54) is 11.3 Å². The highest BCUT2D eigenvalue weighted by Crippen LogP contribution is 2.23. The molecule has 126 valence electrons. The number of nitrogens with zero attached hydrogens (tertiary/aromatic N) is 2. The van der Waals surface area contributed by atoms with E-state index in [0.29, 0.717) is 22.3 Å². The lowest BCUT2D eigenvalue weighted by Gasteiger charge is -2.11. The second kappa shape index (κ2) is 7.63. The Balaban J connectivity index is 1.63. The zero-order valence-corrected chi connectivity index (χ0v) is 14.4. The number of anilines is 1. The molecule has 1 aliphatic rings. The Morgan fingerprint density at radius 2 is 2.33 bits per heavy atom. The maximum absolute atomic E-state index is 12.3. The molecule has 2 aromatic heterocycles. The molecule has 2 amide bonds. The Labute approximate surface area is 147 Å². The number of thioether (sulfide) groups is 1. The van der Waals surface area contributed by atoms with E-state index >= 15 is 0 Å². The zero-order chi connectivity index (χ0) is 16.9. The molecule has 1 atom stereocenters. The number of nitrogens with two attached hydrogens (primary N) is 1. The van der Waals surface area contributed by atoms with Gasteiger partial charge in [-0.05, 0) is 18.2 Å². The zero-order valence-electron chi connectivity index (χ0n) is 12.7. The quantitative estimate of drug-likeness (QED) is 0.808. The summed E-state index contributed by atoms with van der Waals surface area (Å²) < 4.78 is 5.79. The first-order chi connectivity index (χ1) is 11.6. The van der Waals surface area contributed by atoms with Crippen LogP contribution in [0.5, 0.6) is 5.88 Å². The maximum atomic E-state index is 12.3. The molecule has 1 saturated heterocycles. The highest BCUT2D eigenvalue weighted by molar-refractivity contribution is 7.99. The van der Waals surface area contributed by atoms with E-state index in [9.17, 15) is 9.59 Å².